The van der Waals surface area contributed by atoms with Crippen LogP contribution in [0.3, 0.4) is 0 Å². The molecule has 0 aliphatic rings. The Labute approximate surface area is 93.1 Å². The summed E-state index contributed by atoms with van der Waals surface area (Å²) in [5.41, 5.74) is 0.408. The number of rotatable bonds is 4. The van der Waals surface area contributed by atoms with E-state index in [1.54, 1.807) is 0 Å². The first-order valence-electron chi connectivity index (χ1n) is 5.76. The maximum Gasteiger partial charge on any atom is 0.0710 e. The normalized spacial score (nSPS) is 19.3. The van der Waals surface area contributed by atoms with Crippen molar-refractivity contribution in [2.45, 2.75) is 51.6 Å². The Morgan fingerprint density at radius 1 is 1.00 bits per heavy atom. The van der Waals surface area contributed by atoms with E-state index in [0.717, 1.165) is 12.8 Å². The van der Waals surface area contributed by atoms with Crippen molar-refractivity contribution in [2.24, 2.45) is 0 Å². The highest BCUT2D eigenvalue weighted by atomic mass is 16.3. The van der Waals surface area contributed by atoms with Crippen LogP contribution < -0.4 is 0 Å². The van der Waals surface area contributed by atoms with Gasteiger partial charge in [0.05, 0.1) is 5.60 Å². The summed E-state index contributed by atoms with van der Waals surface area (Å²) < 4.78 is 0. The van der Waals surface area contributed by atoms with Crippen molar-refractivity contribution in [1.82, 2.24) is 0 Å². The Bertz CT molecular complexity index is 302. The average molecular weight is 206 g/mol. The maximum atomic E-state index is 10.5. The number of hydrogen-bond acceptors (Lipinski definition) is 1. The lowest BCUT2D eigenvalue weighted by Crippen LogP contribution is -2.46. The molecule has 84 valence electrons. The van der Waals surface area contributed by atoms with E-state index in [1.807, 2.05) is 32.0 Å². The summed E-state index contributed by atoms with van der Waals surface area (Å²) in [5.74, 6) is 0. The van der Waals surface area contributed by atoms with E-state index in [0.29, 0.717) is 0 Å². The van der Waals surface area contributed by atoms with Crippen molar-refractivity contribution in [3.8, 4) is 0 Å². The van der Waals surface area contributed by atoms with Crippen molar-refractivity contribution in [3.05, 3.63) is 35.9 Å². The fourth-order valence-corrected chi connectivity index (χ4v) is 2.09. The molecule has 0 fully saturated rings. The molecule has 1 heteroatoms. The van der Waals surface area contributed by atoms with Crippen molar-refractivity contribution < 1.29 is 5.11 Å². The van der Waals surface area contributed by atoms with E-state index in [4.69, 9.17) is 0 Å². The molecule has 1 aromatic rings. The molecule has 1 aromatic carbocycles. The molecule has 0 radical (unpaired) electrons. The Balaban J connectivity index is 3.17. The van der Waals surface area contributed by atoms with Crippen LogP contribution in [-0.2, 0) is 5.41 Å². The van der Waals surface area contributed by atoms with Crippen LogP contribution in [-0.4, -0.2) is 10.7 Å². The molecular weight excluding hydrogens is 184 g/mol. The highest BCUT2D eigenvalue weighted by Crippen LogP contribution is 2.39. The maximum absolute atomic E-state index is 10.5. The number of aliphatic hydroxyl groups is 1. The Kier molecular flexibility index (Phi) is 3.56. The van der Waals surface area contributed by atoms with E-state index < -0.39 is 5.60 Å². The summed E-state index contributed by atoms with van der Waals surface area (Å²) in [6.45, 7) is 8.25. The van der Waals surface area contributed by atoms with Gasteiger partial charge in [0.2, 0.25) is 0 Å². The molecule has 0 heterocycles. The van der Waals surface area contributed by atoms with Crippen LogP contribution in [0.2, 0.25) is 0 Å². The van der Waals surface area contributed by atoms with Crippen LogP contribution in [0.15, 0.2) is 30.3 Å². The summed E-state index contributed by atoms with van der Waals surface area (Å²) >= 11 is 0. The summed E-state index contributed by atoms with van der Waals surface area (Å²) in [4.78, 5) is 0. The van der Waals surface area contributed by atoms with Gasteiger partial charge in [-0.15, -0.1) is 0 Å². The zero-order valence-electron chi connectivity index (χ0n) is 10.2. The second kappa shape index (κ2) is 4.36. The van der Waals surface area contributed by atoms with Gasteiger partial charge in [-0.3, -0.25) is 0 Å². The van der Waals surface area contributed by atoms with E-state index in [-0.39, 0.29) is 5.41 Å². The lowest BCUT2D eigenvalue weighted by Gasteiger charge is -2.42. The van der Waals surface area contributed by atoms with Gasteiger partial charge in [0, 0.05) is 5.41 Å². The van der Waals surface area contributed by atoms with Crippen molar-refractivity contribution in [2.75, 3.05) is 0 Å². The highest BCUT2D eigenvalue weighted by molar-refractivity contribution is 5.28. The fourth-order valence-electron chi connectivity index (χ4n) is 2.09. The van der Waals surface area contributed by atoms with Gasteiger partial charge in [-0.25, -0.2) is 0 Å². The van der Waals surface area contributed by atoms with Crippen molar-refractivity contribution >= 4 is 0 Å². The average Bonchev–Trinajstić information content (AvgIpc) is 2.29. The van der Waals surface area contributed by atoms with Crippen molar-refractivity contribution in [1.29, 1.82) is 0 Å². The molecule has 0 aromatic heterocycles. The minimum absolute atomic E-state index is 0.164. The van der Waals surface area contributed by atoms with Crippen LogP contribution in [0.4, 0.5) is 0 Å². The molecular formula is C14H22O. The minimum Gasteiger partial charge on any atom is -0.389 e. The molecule has 0 aliphatic heterocycles. The number of benzene rings is 1. The minimum atomic E-state index is -0.650. The third-order valence-electron chi connectivity index (χ3n) is 4.00. The van der Waals surface area contributed by atoms with E-state index in [9.17, 15) is 5.11 Å². The van der Waals surface area contributed by atoms with Gasteiger partial charge in [0.1, 0.15) is 0 Å². The van der Waals surface area contributed by atoms with Gasteiger partial charge in [0.15, 0.2) is 0 Å². The molecule has 0 saturated heterocycles. The van der Waals surface area contributed by atoms with Crippen LogP contribution in [0.5, 0.6) is 0 Å². The highest BCUT2D eigenvalue weighted by Gasteiger charge is 2.41. The van der Waals surface area contributed by atoms with Crippen molar-refractivity contribution in [3.63, 3.8) is 0 Å². The molecule has 0 spiro atoms. The van der Waals surface area contributed by atoms with Crippen LogP contribution in [0, 0.1) is 0 Å². The first-order valence-corrected chi connectivity index (χ1v) is 5.76. The largest absolute Gasteiger partial charge is 0.389 e. The van der Waals surface area contributed by atoms with Crippen LogP contribution in [0.25, 0.3) is 0 Å². The Hall–Kier alpha value is -0.820. The van der Waals surface area contributed by atoms with E-state index in [2.05, 4.69) is 26.0 Å². The molecule has 1 nitrogen and oxygen atoms in total. The summed E-state index contributed by atoms with van der Waals surface area (Å²) in [6.07, 6.45) is 1.71. The first kappa shape index (κ1) is 12.3. The lowest BCUT2D eigenvalue weighted by atomic mass is 9.66. The summed E-state index contributed by atoms with van der Waals surface area (Å²) in [6, 6.07) is 10.3. The lowest BCUT2D eigenvalue weighted by molar-refractivity contribution is -0.0219. The molecule has 2 atom stereocenters. The SMILES string of the molecule is CC[C@@](C)(c1ccccc1)[C@](C)(O)CC. The van der Waals surface area contributed by atoms with Gasteiger partial charge in [0.25, 0.3) is 0 Å². The van der Waals surface area contributed by atoms with Crippen LogP contribution >= 0.6 is 0 Å². The van der Waals surface area contributed by atoms with Gasteiger partial charge in [-0.05, 0) is 25.3 Å². The Morgan fingerprint density at radius 3 is 1.93 bits per heavy atom. The second-order valence-electron chi connectivity index (χ2n) is 4.68. The number of hydrogen-bond donors (Lipinski definition) is 1. The predicted octanol–water partition coefficient (Wildman–Crippen LogP) is 3.52. The molecule has 0 unspecified atom stereocenters. The zero-order valence-corrected chi connectivity index (χ0v) is 10.2. The standard InChI is InChI=1S/C14H22O/c1-5-13(3,14(4,15)6-2)12-10-8-7-9-11-12/h7-11,15H,5-6H2,1-4H3/t13-,14+/m0/s1. The van der Waals surface area contributed by atoms with Gasteiger partial charge in [-0.1, -0.05) is 51.1 Å². The summed E-state index contributed by atoms with van der Waals surface area (Å²) in [7, 11) is 0. The second-order valence-corrected chi connectivity index (χ2v) is 4.68. The van der Waals surface area contributed by atoms with Gasteiger partial charge in [-0.2, -0.15) is 0 Å². The smallest absolute Gasteiger partial charge is 0.0710 e. The molecule has 0 saturated carbocycles. The van der Waals surface area contributed by atoms with Crippen LogP contribution in [0.1, 0.15) is 46.1 Å². The predicted molar refractivity (Wildman–Crippen MR) is 65.0 cm³/mol. The quantitative estimate of drug-likeness (QED) is 0.799. The Morgan fingerprint density at radius 2 is 1.53 bits per heavy atom. The monoisotopic (exact) mass is 206 g/mol. The van der Waals surface area contributed by atoms with Gasteiger partial charge >= 0.3 is 0 Å². The van der Waals surface area contributed by atoms with Gasteiger partial charge < -0.3 is 5.11 Å². The molecule has 1 N–H and O–H groups in total. The molecule has 15 heavy (non-hydrogen) atoms. The molecule has 0 aliphatic carbocycles. The molecule has 0 amide bonds. The first-order chi connectivity index (χ1) is 6.98. The van der Waals surface area contributed by atoms with E-state index in [1.165, 1.54) is 5.56 Å². The zero-order chi connectivity index (χ0) is 11.5. The molecule has 1 rings (SSSR count). The topological polar surface area (TPSA) is 20.2 Å². The van der Waals surface area contributed by atoms with E-state index >= 15 is 0 Å². The third kappa shape index (κ3) is 2.07. The molecule has 0 bridgehead atoms. The summed E-state index contributed by atoms with van der Waals surface area (Å²) in [5, 5.41) is 10.5. The third-order valence-corrected chi connectivity index (χ3v) is 4.00. The fraction of sp³-hybridized carbons (Fsp3) is 0.571.